The van der Waals surface area contributed by atoms with E-state index in [0.29, 0.717) is 17.5 Å². The van der Waals surface area contributed by atoms with Gasteiger partial charge in [0.2, 0.25) is 0 Å². The number of aromatic amines is 1. The summed E-state index contributed by atoms with van der Waals surface area (Å²) in [4.78, 5) is 30.9. The zero-order valence-electron chi connectivity index (χ0n) is 19.7. The number of hydrogen-bond donors (Lipinski definition) is 2. The van der Waals surface area contributed by atoms with Gasteiger partial charge in [-0.2, -0.15) is 0 Å². The lowest BCUT2D eigenvalue weighted by atomic mass is 9.96. The van der Waals surface area contributed by atoms with E-state index in [4.69, 9.17) is 4.74 Å². The SMILES string of the molecule is CCN(c1cc(C2CC2)cc(C(=O)NCc2c(C)cc(C)[nH]c2=O)c1C)C1CCOCC1. The first kappa shape index (κ1) is 22.6. The maximum absolute atomic E-state index is 13.3. The summed E-state index contributed by atoms with van der Waals surface area (Å²) in [6.07, 6.45) is 4.39. The van der Waals surface area contributed by atoms with Crippen molar-refractivity contribution in [1.29, 1.82) is 0 Å². The number of benzene rings is 1. The number of nitrogens with one attached hydrogen (secondary N) is 2. The molecule has 2 heterocycles. The number of amides is 1. The van der Waals surface area contributed by atoms with Gasteiger partial charge in [-0.25, -0.2) is 0 Å². The summed E-state index contributed by atoms with van der Waals surface area (Å²) in [5, 5.41) is 3.01. The predicted octanol–water partition coefficient (Wildman–Crippen LogP) is 4.11. The fraction of sp³-hybridized carbons (Fsp3) is 0.538. The highest BCUT2D eigenvalue weighted by atomic mass is 16.5. The molecule has 2 aromatic rings. The van der Waals surface area contributed by atoms with Crippen molar-refractivity contribution in [3.63, 3.8) is 0 Å². The van der Waals surface area contributed by atoms with Gasteiger partial charge < -0.3 is 19.9 Å². The Kier molecular flexibility index (Phi) is 6.70. The molecule has 2 fully saturated rings. The van der Waals surface area contributed by atoms with Crippen LogP contribution in [0.1, 0.15) is 76.8 Å². The van der Waals surface area contributed by atoms with E-state index in [1.54, 1.807) is 0 Å². The highest BCUT2D eigenvalue weighted by Gasteiger charge is 2.29. The second-order valence-electron chi connectivity index (χ2n) is 9.24. The van der Waals surface area contributed by atoms with Crippen LogP contribution in [0.2, 0.25) is 0 Å². The summed E-state index contributed by atoms with van der Waals surface area (Å²) in [6, 6.07) is 6.74. The third kappa shape index (κ3) is 4.75. The Labute approximate surface area is 190 Å². The van der Waals surface area contributed by atoms with Gasteiger partial charge in [0.25, 0.3) is 11.5 Å². The lowest BCUT2D eigenvalue weighted by molar-refractivity contribution is 0.0845. The molecule has 1 aliphatic carbocycles. The van der Waals surface area contributed by atoms with Crippen LogP contribution >= 0.6 is 0 Å². The first-order valence-electron chi connectivity index (χ1n) is 11.9. The van der Waals surface area contributed by atoms with Crippen molar-refractivity contribution in [3.05, 3.63) is 62.1 Å². The van der Waals surface area contributed by atoms with Crippen LogP contribution in [0.4, 0.5) is 5.69 Å². The first-order valence-corrected chi connectivity index (χ1v) is 11.9. The summed E-state index contributed by atoms with van der Waals surface area (Å²) in [5.41, 5.74) is 6.34. The van der Waals surface area contributed by atoms with E-state index >= 15 is 0 Å². The normalized spacial score (nSPS) is 16.8. The molecule has 2 aliphatic rings. The number of carbonyl (C=O) groups is 1. The smallest absolute Gasteiger partial charge is 0.253 e. The molecule has 0 bridgehead atoms. The number of aryl methyl sites for hydroxylation is 2. The van der Waals surface area contributed by atoms with Crippen molar-refractivity contribution in [2.45, 2.75) is 71.9 Å². The third-order valence-corrected chi connectivity index (χ3v) is 6.90. The van der Waals surface area contributed by atoms with Crippen LogP contribution in [0.5, 0.6) is 0 Å². The molecule has 6 heteroatoms. The second-order valence-corrected chi connectivity index (χ2v) is 9.24. The number of rotatable bonds is 7. The summed E-state index contributed by atoms with van der Waals surface area (Å²) in [6.45, 7) is 10.7. The molecule has 0 radical (unpaired) electrons. The van der Waals surface area contributed by atoms with Crippen molar-refractivity contribution in [2.75, 3.05) is 24.7 Å². The fourth-order valence-corrected chi connectivity index (χ4v) is 4.89. The van der Waals surface area contributed by atoms with Crippen LogP contribution in [0.15, 0.2) is 23.0 Å². The van der Waals surface area contributed by atoms with Crippen LogP contribution in [-0.4, -0.2) is 36.7 Å². The van der Waals surface area contributed by atoms with Crippen molar-refractivity contribution in [3.8, 4) is 0 Å². The molecule has 0 spiro atoms. The van der Waals surface area contributed by atoms with Gasteiger partial charge in [-0.05, 0) is 94.2 Å². The molecule has 1 saturated carbocycles. The highest BCUT2D eigenvalue weighted by molar-refractivity contribution is 5.97. The number of aromatic nitrogens is 1. The van der Waals surface area contributed by atoms with Crippen LogP contribution in [0, 0.1) is 20.8 Å². The van der Waals surface area contributed by atoms with Gasteiger partial charge in [-0.15, -0.1) is 0 Å². The number of pyridine rings is 1. The van der Waals surface area contributed by atoms with Gasteiger partial charge in [0.15, 0.2) is 0 Å². The van der Waals surface area contributed by atoms with Crippen molar-refractivity contribution in [1.82, 2.24) is 10.3 Å². The van der Waals surface area contributed by atoms with E-state index < -0.39 is 0 Å². The molecule has 172 valence electrons. The van der Waals surface area contributed by atoms with Crippen LogP contribution in [0.3, 0.4) is 0 Å². The van der Waals surface area contributed by atoms with Crippen LogP contribution < -0.4 is 15.8 Å². The molecular formula is C26H35N3O3. The number of ether oxygens (including phenoxy) is 1. The van der Waals surface area contributed by atoms with Gasteiger partial charge >= 0.3 is 0 Å². The monoisotopic (exact) mass is 437 g/mol. The highest BCUT2D eigenvalue weighted by Crippen LogP contribution is 2.43. The quantitative estimate of drug-likeness (QED) is 0.684. The Bertz CT molecular complexity index is 1050. The topological polar surface area (TPSA) is 74.4 Å². The minimum absolute atomic E-state index is 0.117. The van der Waals surface area contributed by atoms with E-state index in [1.165, 1.54) is 24.1 Å². The lowest BCUT2D eigenvalue weighted by Gasteiger charge is -2.37. The van der Waals surface area contributed by atoms with Crippen molar-refractivity contribution < 1.29 is 9.53 Å². The average molecular weight is 438 g/mol. The van der Waals surface area contributed by atoms with E-state index in [1.807, 2.05) is 26.8 Å². The standard InChI is InChI=1S/C26H35N3O3/c1-5-29(21-8-10-32-11-9-21)24-14-20(19-6-7-19)13-22(18(24)4)25(30)27-15-23-16(2)12-17(3)28-26(23)31/h12-14,19,21H,5-11,15H2,1-4H3,(H,27,30)(H,28,31). The molecule has 0 atom stereocenters. The Morgan fingerprint density at radius 3 is 2.47 bits per heavy atom. The minimum atomic E-state index is -0.136. The largest absolute Gasteiger partial charge is 0.381 e. The Balaban J connectivity index is 1.63. The molecule has 4 rings (SSSR count). The average Bonchev–Trinajstić information content (AvgIpc) is 3.60. The molecule has 1 saturated heterocycles. The maximum Gasteiger partial charge on any atom is 0.253 e. The van der Waals surface area contributed by atoms with Crippen molar-refractivity contribution in [2.24, 2.45) is 0 Å². The molecular weight excluding hydrogens is 402 g/mol. The Hall–Kier alpha value is -2.60. The van der Waals surface area contributed by atoms with Crippen LogP contribution in [0.25, 0.3) is 0 Å². The van der Waals surface area contributed by atoms with Gasteiger partial charge in [0.1, 0.15) is 0 Å². The third-order valence-electron chi connectivity index (χ3n) is 6.90. The number of carbonyl (C=O) groups excluding carboxylic acids is 1. The minimum Gasteiger partial charge on any atom is -0.381 e. The second kappa shape index (κ2) is 9.49. The molecule has 0 unspecified atom stereocenters. The summed E-state index contributed by atoms with van der Waals surface area (Å²) in [5.74, 6) is 0.435. The van der Waals surface area contributed by atoms with Crippen LogP contribution in [-0.2, 0) is 11.3 Å². The molecule has 6 nitrogen and oxygen atoms in total. The summed E-state index contributed by atoms with van der Waals surface area (Å²) in [7, 11) is 0. The van der Waals surface area contributed by atoms with E-state index in [2.05, 4.69) is 34.3 Å². The van der Waals surface area contributed by atoms with Gasteiger partial charge in [-0.3, -0.25) is 9.59 Å². The van der Waals surface area contributed by atoms with E-state index in [-0.39, 0.29) is 18.0 Å². The molecule has 2 N–H and O–H groups in total. The molecule has 1 aromatic heterocycles. The number of H-pyrrole nitrogens is 1. The van der Waals surface area contributed by atoms with Gasteiger partial charge in [-0.1, -0.05) is 0 Å². The van der Waals surface area contributed by atoms with Gasteiger partial charge in [0.05, 0.1) is 0 Å². The zero-order valence-corrected chi connectivity index (χ0v) is 19.7. The summed E-state index contributed by atoms with van der Waals surface area (Å²) >= 11 is 0. The number of nitrogens with zero attached hydrogens (tertiary/aromatic N) is 1. The lowest BCUT2D eigenvalue weighted by Crippen LogP contribution is -2.40. The molecule has 1 aromatic carbocycles. The summed E-state index contributed by atoms with van der Waals surface area (Å²) < 4.78 is 5.58. The fourth-order valence-electron chi connectivity index (χ4n) is 4.89. The number of anilines is 1. The van der Waals surface area contributed by atoms with Crippen molar-refractivity contribution >= 4 is 11.6 Å². The van der Waals surface area contributed by atoms with E-state index in [0.717, 1.165) is 55.0 Å². The predicted molar refractivity (Wildman–Crippen MR) is 128 cm³/mol. The first-order chi connectivity index (χ1) is 15.4. The molecule has 1 amide bonds. The molecule has 32 heavy (non-hydrogen) atoms. The zero-order chi connectivity index (χ0) is 22.8. The maximum atomic E-state index is 13.3. The Morgan fingerprint density at radius 2 is 1.84 bits per heavy atom. The number of hydrogen-bond acceptors (Lipinski definition) is 4. The molecule has 1 aliphatic heterocycles. The Morgan fingerprint density at radius 1 is 1.12 bits per heavy atom. The van der Waals surface area contributed by atoms with E-state index in [9.17, 15) is 9.59 Å². The van der Waals surface area contributed by atoms with Gasteiger partial charge in [0, 0.05) is 54.9 Å².